The molecular weight excluding hydrogens is 233 g/mol. The van der Waals surface area contributed by atoms with Crippen LogP contribution in [0.3, 0.4) is 0 Å². The van der Waals surface area contributed by atoms with Gasteiger partial charge in [0.2, 0.25) is 0 Å². The molecule has 0 saturated carbocycles. The van der Waals surface area contributed by atoms with Gasteiger partial charge in [0.1, 0.15) is 0 Å². The SMILES string of the molecule is CCC(CCl)NC(=O)c1ccccc1Cl. The van der Waals surface area contributed by atoms with Gasteiger partial charge in [-0.3, -0.25) is 4.79 Å². The van der Waals surface area contributed by atoms with E-state index in [9.17, 15) is 4.79 Å². The Hall–Kier alpha value is -0.730. The van der Waals surface area contributed by atoms with Crippen LogP contribution in [0.15, 0.2) is 24.3 Å². The van der Waals surface area contributed by atoms with Crippen molar-refractivity contribution >= 4 is 29.1 Å². The summed E-state index contributed by atoms with van der Waals surface area (Å²) in [6.45, 7) is 1.97. The van der Waals surface area contributed by atoms with Gasteiger partial charge in [-0.05, 0) is 18.6 Å². The summed E-state index contributed by atoms with van der Waals surface area (Å²) in [5.74, 6) is 0.236. The van der Waals surface area contributed by atoms with Crippen LogP contribution < -0.4 is 5.32 Å². The first-order valence-electron chi connectivity index (χ1n) is 4.80. The van der Waals surface area contributed by atoms with Crippen molar-refractivity contribution in [3.05, 3.63) is 34.9 Å². The minimum absolute atomic E-state index is 0.00422. The number of hydrogen-bond donors (Lipinski definition) is 1. The lowest BCUT2D eigenvalue weighted by Gasteiger charge is -2.14. The molecule has 1 aromatic rings. The van der Waals surface area contributed by atoms with Crippen LogP contribution in [0.25, 0.3) is 0 Å². The molecular formula is C11H13Cl2NO. The Balaban J connectivity index is 2.73. The molecule has 0 fully saturated rings. The third-order valence-electron chi connectivity index (χ3n) is 2.13. The zero-order chi connectivity index (χ0) is 11.3. The van der Waals surface area contributed by atoms with Crippen molar-refractivity contribution in [1.29, 1.82) is 0 Å². The maximum Gasteiger partial charge on any atom is 0.253 e. The first-order chi connectivity index (χ1) is 7.19. The van der Waals surface area contributed by atoms with Crippen LogP contribution in [-0.4, -0.2) is 17.8 Å². The molecule has 1 unspecified atom stereocenters. The van der Waals surface area contributed by atoms with E-state index in [1.165, 1.54) is 0 Å². The lowest BCUT2D eigenvalue weighted by atomic mass is 10.2. The third-order valence-corrected chi connectivity index (χ3v) is 2.83. The van der Waals surface area contributed by atoms with E-state index >= 15 is 0 Å². The van der Waals surface area contributed by atoms with Crippen molar-refractivity contribution in [3.8, 4) is 0 Å². The number of alkyl halides is 1. The van der Waals surface area contributed by atoms with E-state index in [0.29, 0.717) is 16.5 Å². The van der Waals surface area contributed by atoms with E-state index in [4.69, 9.17) is 23.2 Å². The summed E-state index contributed by atoms with van der Waals surface area (Å²) in [5, 5.41) is 3.28. The van der Waals surface area contributed by atoms with Gasteiger partial charge >= 0.3 is 0 Å². The molecule has 1 N–H and O–H groups in total. The van der Waals surface area contributed by atoms with Crippen molar-refractivity contribution in [2.45, 2.75) is 19.4 Å². The minimum Gasteiger partial charge on any atom is -0.348 e. The summed E-state index contributed by atoms with van der Waals surface area (Å²) >= 11 is 11.6. The van der Waals surface area contributed by atoms with Crippen LogP contribution in [0.4, 0.5) is 0 Å². The highest BCUT2D eigenvalue weighted by Crippen LogP contribution is 2.14. The van der Waals surface area contributed by atoms with Crippen molar-refractivity contribution in [2.75, 3.05) is 5.88 Å². The largest absolute Gasteiger partial charge is 0.348 e. The number of amides is 1. The maximum atomic E-state index is 11.7. The molecule has 1 rings (SSSR count). The van der Waals surface area contributed by atoms with Crippen LogP contribution >= 0.6 is 23.2 Å². The fourth-order valence-corrected chi connectivity index (χ4v) is 1.68. The molecule has 1 aromatic carbocycles. The summed E-state index contributed by atoms with van der Waals surface area (Å²) in [4.78, 5) is 11.7. The summed E-state index contributed by atoms with van der Waals surface area (Å²) < 4.78 is 0. The van der Waals surface area contributed by atoms with Gasteiger partial charge in [-0.25, -0.2) is 0 Å². The zero-order valence-electron chi connectivity index (χ0n) is 8.47. The van der Waals surface area contributed by atoms with E-state index < -0.39 is 0 Å². The van der Waals surface area contributed by atoms with Crippen molar-refractivity contribution in [3.63, 3.8) is 0 Å². The Morgan fingerprint density at radius 1 is 1.47 bits per heavy atom. The fraction of sp³-hybridized carbons (Fsp3) is 0.364. The van der Waals surface area contributed by atoms with E-state index in [-0.39, 0.29) is 11.9 Å². The number of halogens is 2. The Labute approximate surface area is 99.6 Å². The fourth-order valence-electron chi connectivity index (χ4n) is 1.16. The van der Waals surface area contributed by atoms with Gasteiger partial charge in [-0.2, -0.15) is 0 Å². The van der Waals surface area contributed by atoms with Crippen molar-refractivity contribution in [1.82, 2.24) is 5.32 Å². The molecule has 4 heteroatoms. The normalized spacial score (nSPS) is 12.2. The van der Waals surface area contributed by atoms with Crippen molar-refractivity contribution < 1.29 is 4.79 Å². The van der Waals surface area contributed by atoms with E-state index in [0.717, 1.165) is 6.42 Å². The van der Waals surface area contributed by atoms with Gasteiger partial charge in [-0.1, -0.05) is 30.7 Å². The lowest BCUT2D eigenvalue weighted by Crippen LogP contribution is -2.35. The van der Waals surface area contributed by atoms with Crippen LogP contribution in [0, 0.1) is 0 Å². The van der Waals surface area contributed by atoms with Gasteiger partial charge in [0, 0.05) is 11.9 Å². The maximum absolute atomic E-state index is 11.7. The van der Waals surface area contributed by atoms with E-state index in [2.05, 4.69) is 5.32 Å². The second kappa shape index (κ2) is 5.99. The average molecular weight is 246 g/mol. The number of nitrogens with one attached hydrogen (secondary N) is 1. The van der Waals surface area contributed by atoms with Gasteiger partial charge in [0.05, 0.1) is 10.6 Å². The number of benzene rings is 1. The van der Waals surface area contributed by atoms with Crippen LogP contribution in [0.1, 0.15) is 23.7 Å². The Morgan fingerprint density at radius 2 is 2.13 bits per heavy atom. The molecule has 0 bridgehead atoms. The molecule has 0 aliphatic heterocycles. The monoisotopic (exact) mass is 245 g/mol. The predicted octanol–water partition coefficient (Wildman–Crippen LogP) is 3.09. The molecule has 0 aliphatic carbocycles. The van der Waals surface area contributed by atoms with Gasteiger partial charge < -0.3 is 5.32 Å². The molecule has 0 spiro atoms. The molecule has 0 saturated heterocycles. The highest BCUT2D eigenvalue weighted by molar-refractivity contribution is 6.33. The van der Waals surface area contributed by atoms with Crippen molar-refractivity contribution in [2.24, 2.45) is 0 Å². The van der Waals surface area contributed by atoms with Crippen LogP contribution in [-0.2, 0) is 0 Å². The predicted molar refractivity (Wildman–Crippen MR) is 63.7 cm³/mol. The lowest BCUT2D eigenvalue weighted by molar-refractivity contribution is 0.0940. The molecule has 1 amide bonds. The number of carbonyl (C=O) groups is 1. The Kier molecular flexibility index (Phi) is 4.92. The quantitative estimate of drug-likeness (QED) is 0.812. The molecule has 82 valence electrons. The number of carbonyl (C=O) groups excluding carboxylic acids is 1. The molecule has 15 heavy (non-hydrogen) atoms. The average Bonchev–Trinajstić information content (AvgIpc) is 2.26. The molecule has 0 radical (unpaired) electrons. The summed E-state index contributed by atoms with van der Waals surface area (Å²) in [6.07, 6.45) is 0.805. The first kappa shape index (κ1) is 12.3. The topological polar surface area (TPSA) is 29.1 Å². The molecule has 0 aliphatic rings. The highest BCUT2D eigenvalue weighted by atomic mass is 35.5. The molecule has 0 aromatic heterocycles. The number of rotatable bonds is 4. The highest BCUT2D eigenvalue weighted by Gasteiger charge is 2.13. The molecule has 1 atom stereocenters. The Morgan fingerprint density at radius 3 is 2.67 bits per heavy atom. The van der Waals surface area contributed by atoms with Gasteiger partial charge in [0.15, 0.2) is 0 Å². The van der Waals surface area contributed by atoms with Gasteiger partial charge in [-0.15, -0.1) is 11.6 Å². The zero-order valence-corrected chi connectivity index (χ0v) is 9.98. The standard InChI is InChI=1S/C11H13Cl2NO/c1-2-8(7-12)14-11(15)9-5-3-4-6-10(9)13/h3-6,8H,2,7H2,1H3,(H,14,15). The summed E-state index contributed by atoms with van der Waals surface area (Å²) in [5.41, 5.74) is 0.489. The minimum atomic E-state index is -0.173. The smallest absolute Gasteiger partial charge is 0.253 e. The second-order valence-corrected chi connectivity index (χ2v) is 3.93. The summed E-state index contributed by atoms with van der Waals surface area (Å²) in [7, 11) is 0. The van der Waals surface area contributed by atoms with Gasteiger partial charge in [0.25, 0.3) is 5.91 Å². The third kappa shape index (κ3) is 3.40. The molecule has 2 nitrogen and oxygen atoms in total. The van der Waals surface area contributed by atoms with E-state index in [1.807, 2.05) is 6.92 Å². The number of hydrogen-bond acceptors (Lipinski definition) is 1. The Bertz CT molecular complexity index is 337. The second-order valence-electron chi connectivity index (χ2n) is 3.21. The van der Waals surface area contributed by atoms with Crippen LogP contribution in [0.5, 0.6) is 0 Å². The molecule has 0 heterocycles. The van der Waals surface area contributed by atoms with E-state index in [1.54, 1.807) is 24.3 Å². The summed E-state index contributed by atoms with van der Waals surface area (Å²) in [6, 6.07) is 6.95. The van der Waals surface area contributed by atoms with Crippen LogP contribution in [0.2, 0.25) is 5.02 Å². The first-order valence-corrected chi connectivity index (χ1v) is 5.71.